The molecule has 0 aromatic heterocycles. The lowest BCUT2D eigenvalue weighted by molar-refractivity contribution is -0.295. The normalized spacial score (nSPS) is 21.1. The van der Waals surface area contributed by atoms with Crippen LogP contribution < -0.4 is 0 Å². The minimum absolute atomic E-state index is 0.767. The first-order chi connectivity index (χ1) is 13.0. The zero-order chi connectivity index (χ0) is 20.1. The highest BCUT2D eigenvalue weighted by Gasteiger charge is 2.00. The summed E-state index contributed by atoms with van der Waals surface area (Å²) in [6.45, 7) is 1.54. The van der Waals surface area contributed by atoms with Crippen molar-refractivity contribution < 1.29 is 29.0 Å². The lowest BCUT2D eigenvalue weighted by Crippen LogP contribution is -1.99. The Labute approximate surface area is 165 Å². The SMILES string of the molecule is C1=CCCCCCCCCOOCCCCCCCCCC1.O=P(O)(O)O. The van der Waals surface area contributed by atoms with Crippen molar-refractivity contribution in [2.75, 3.05) is 13.2 Å². The van der Waals surface area contributed by atoms with Crippen molar-refractivity contribution in [3.63, 3.8) is 0 Å². The number of hydrogen-bond donors (Lipinski definition) is 3. The fourth-order valence-electron chi connectivity index (χ4n) is 2.97. The molecule has 0 atom stereocenters. The fraction of sp³-hybridized carbons (Fsp3) is 0.900. The van der Waals surface area contributed by atoms with Gasteiger partial charge in [-0.05, 0) is 38.5 Å². The van der Waals surface area contributed by atoms with Gasteiger partial charge in [0, 0.05) is 0 Å². The Morgan fingerprint density at radius 2 is 0.778 bits per heavy atom. The van der Waals surface area contributed by atoms with Crippen LogP contribution in [0.5, 0.6) is 0 Å². The van der Waals surface area contributed by atoms with Gasteiger partial charge in [-0.2, -0.15) is 0 Å². The molecule has 0 saturated heterocycles. The first kappa shape index (κ1) is 26.8. The van der Waals surface area contributed by atoms with Crippen LogP contribution in [0, 0.1) is 0 Å². The van der Waals surface area contributed by atoms with Crippen molar-refractivity contribution in [1.29, 1.82) is 0 Å². The summed E-state index contributed by atoms with van der Waals surface area (Å²) < 4.78 is 8.88. The molecule has 162 valence electrons. The summed E-state index contributed by atoms with van der Waals surface area (Å²) in [7, 11) is -4.64. The molecule has 0 fully saturated rings. The molecule has 0 radical (unpaired) electrons. The molecule has 0 saturated carbocycles. The maximum Gasteiger partial charge on any atom is 0.466 e. The van der Waals surface area contributed by atoms with Gasteiger partial charge >= 0.3 is 7.82 Å². The molecular weight excluding hydrogens is 367 g/mol. The number of hydrogen-bond acceptors (Lipinski definition) is 3. The van der Waals surface area contributed by atoms with E-state index in [0.717, 1.165) is 26.1 Å². The lowest BCUT2D eigenvalue weighted by Gasteiger charge is -2.05. The molecule has 0 aliphatic carbocycles. The molecule has 1 aliphatic heterocycles. The lowest BCUT2D eigenvalue weighted by atomic mass is 10.1. The van der Waals surface area contributed by atoms with Gasteiger partial charge in [0.1, 0.15) is 0 Å². The molecule has 27 heavy (non-hydrogen) atoms. The van der Waals surface area contributed by atoms with E-state index in [0.29, 0.717) is 0 Å². The van der Waals surface area contributed by atoms with Gasteiger partial charge in [-0.25, -0.2) is 14.3 Å². The van der Waals surface area contributed by atoms with Crippen molar-refractivity contribution in [2.24, 2.45) is 0 Å². The van der Waals surface area contributed by atoms with Gasteiger partial charge in [0.15, 0.2) is 0 Å². The molecule has 0 bridgehead atoms. The van der Waals surface area contributed by atoms with E-state index in [1.807, 2.05) is 0 Å². The van der Waals surface area contributed by atoms with Crippen LogP contribution in [0.15, 0.2) is 12.2 Å². The van der Waals surface area contributed by atoms with E-state index in [1.54, 1.807) is 0 Å². The van der Waals surface area contributed by atoms with Crippen LogP contribution in [0.25, 0.3) is 0 Å². The minimum Gasteiger partial charge on any atom is -0.303 e. The molecule has 0 aromatic rings. The molecule has 0 amide bonds. The van der Waals surface area contributed by atoms with Crippen molar-refractivity contribution >= 4 is 7.82 Å². The molecule has 7 heteroatoms. The molecule has 0 aromatic carbocycles. The summed E-state index contributed by atoms with van der Waals surface area (Å²) in [4.78, 5) is 32.0. The highest BCUT2D eigenvalue weighted by atomic mass is 31.2. The Kier molecular flexibility index (Phi) is 20.3. The summed E-state index contributed by atoms with van der Waals surface area (Å²) in [6.07, 6.45) is 26.0. The van der Waals surface area contributed by atoms with E-state index in [2.05, 4.69) is 12.2 Å². The van der Waals surface area contributed by atoms with Crippen LogP contribution >= 0.6 is 7.82 Å². The van der Waals surface area contributed by atoms with Gasteiger partial charge in [0.2, 0.25) is 0 Å². The van der Waals surface area contributed by atoms with Crippen molar-refractivity contribution in [3.8, 4) is 0 Å². The van der Waals surface area contributed by atoms with Crippen LogP contribution in [0.2, 0.25) is 0 Å². The number of phosphoric acid groups is 1. The maximum absolute atomic E-state index is 8.88. The fourth-order valence-corrected chi connectivity index (χ4v) is 2.97. The van der Waals surface area contributed by atoms with Crippen LogP contribution in [0.4, 0.5) is 0 Å². The quantitative estimate of drug-likeness (QED) is 0.266. The first-order valence-electron chi connectivity index (χ1n) is 10.7. The summed E-state index contributed by atoms with van der Waals surface area (Å²) in [5.41, 5.74) is 0. The highest BCUT2D eigenvalue weighted by molar-refractivity contribution is 7.45. The van der Waals surface area contributed by atoms with Crippen LogP contribution in [-0.2, 0) is 14.3 Å². The van der Waals surface area contributed by atoms with E-state index in [1.165, 1.54) is 89.9 Å². The van der Waals surface area contributed by atoms with Gasteiger partial charge in [-0.1, -0.05) is 76.4 Å². The van der Waals surface area contributed by atoms with E-state index < -0.39 is 7.82 Å². The molecular formula is C20H41O6P. The predicted molar refractivity (Wildman–Crippen MR) is 109 cm³/mol. The molecule has 0 spiro atoms. The van der Waals surface area contributed by atoms with Gasteiger partial charge in [-0.15, -0.1) is 0 Å². The van der Waals surface area contributed by atoms with Gasteiger partial charge < -0.3 is 14.7 Å². The second kappa shape index (κ2) is 20.5. The zero-order valence-electron chi connectivity index (χ0n) is 16.9. The van der Waals surface area contributed by atoms with Crippen LogP contribution in [0.1, 0.15) is 103 Å². The van der Waals surface area contributed by atoms with Gasteiger partial charge in [0.05, 0.1) is 13.2 Å². The van der Waals surface area contributed by atoms with E-state index in [4.69, 9.17) is 29.0 Å². The van der Waals surface area contributed by atoms with E-state index >= 15 is 0 Å². The monoisotopic (exact) mass is 408 g/mol. The third kappa shape index (κ3) is 30.7. The summed E-state index contributed by atoms with van der Waals surface area (Å²) >= 11 is 0. The smallest absolute Gasteiger partial charge is 0.303 e. The van der Waals surface area contributed by atoms with Crippen LogP contribution in [0.3, 0.4) is 0 Å². The summed E-state index contributed by atoms with van der Waals surface area (Å²) in [5, 5.41) is 0. The highest BCUT2D eigenvalue weighted by Crippen LogP contribution is 2.25. The third-order valence-electron chi connectivity index (χ3n) is 4.45. The topological polar surface area (TPSA) is 96.2 Å². The Hall–Kier alpha value is -0.230. The average molecular weight is 409 g/mol. The molecule has 6 nitrogen and oxygen atoms in total. The number of rotatable bonds is 0. The third-order valence-corrected chi connectivity index (χ3v) is 4.45. The molecule has 3 N–H and O–H groups in total. The molecule has 0 unspecified atom stereocenters. The summed E-state index contributed by atoms with van der Waals surface area (Å²) in [6, 6.07) is 0. The Morgan fingerprint density at radius 1 is 0.519 bits per heavy atom. The van der Waals surface area contributed by atoms with Crippen molar-refractivity contribution in [3.05, 3.63) is 12.2 Å². The second-order valence-corrected chi connectivity index (χ2v) is 8.18. The Balaban J connectivity index is 0.00000119. The van der Waals surface area contributed by atoms with Gasteiger partial charge in [0.25, 0.3) is 0 Å². The summed E-state index contributed by atoms with van der Waals surface area (Å²) in [5.74, 6) is 0. The predicted octanol–water partition coefficient (Wildman–Crippen LogP) is 5.82. The zero-order valence-corrected chi connectivity index (χ0v) is 17.8. The van der Waals surface area contributed by atoms with Gasteiger partial charge in [-0.3, -0.25) is 0 Å². The Morgan fingerprint density at radius 3 is 1.11 bits per heavy atom. The first-order valence-corrected chi connectivity index (χ1v) is 12.2. The molecule has 1 rings (SSSR count). The maximum atomic E-state index is 8.88. The molecule has 1 aliphatic rings. The minimum atomic E-state index is -4.64. The second-order valence-electron chi connectivity index (χ2n) is 7.16. The largest absolute Gasteiger partial charge is 0.466 e. The van der Waals surface area contributed by atoms with E-state index in [-0.39, 0.29) is 0 Å². The van der Waals surface area contributed by atoms with Crippen molar-refractivity contribution in [1.82, 2.24) is 0 Å². The average Bonchev–Trinajstić information content (AvgIpc) is 2.59. The Bertz CT molecular complexity index is 337. The van der Waals surface area contributed by atoms with Crippen molar-refractivity contribution in [2.45, 2.75) is 103 Å². The molecule has 1 heterocycles. The standard InChI is InChI=1S/C20H38O2.H3O4P/c1-2-4-6-8-10-12-14-16-18-20-22-21-19-17-15-13-11-9-7-5-3-1;1-5(2,3)4/h1,3H,2,4-20H2;(H3,1,2,3,4). The van der Waals surface area contributed by atoms with Crippen LogP contribution in [-0.4, -0.2) is 27.9 Å². The van der Waals surface area contributed by atoms with E-state index in [9.17, 15) is 0 Å². The number of allylic oxidation sites excluding steroid dienone is 2.